The lowest BCUT2D eigenvalue weighted by atomic mass is 10.1. The molecule has 32 heavy (non-hydrogen) atoms. The molecule has 0 heterocycles. The van der Waals surface area contributed by atoms with E-state index in [1.807, 2.05) is 72.8 Å². The molecular weight excluding hydrogens is 400 g/mol. The van der Waals surface area contributed by atoms with Crippen LogP contribution in [0.4, 0.5) is 0 Å². The Bertz CT molecular complexity index is 1090. The van der Waals surface area contributed by atoms with Gasteiger partial charge in [0, 0.05) is 12.2 Å². The standard InChI is InChI=1S/C28H22O4/c1-3-27(29)31-25-9-5-7-23(19-25)17-15-21-11-13-22(14-12-21)16-18-24-8-6-10-26(20-24)32-28(30)4-2/h3-20H,1-2H2/b17-15+,18-16+. The summed E-state index contributed by atoms with van der Waals surface area (Å²) < 4.78 is 10.3. The molecule has 4 heteroatoms. The summed E-state index contributed by atoms with van der Waals surface area (Å²) >= 11 is 0. The summed E-state index contributed by atoms with van der Waals surface area (Å²) in [4.78, 5) is 22.7. The minimum Gasteiger partial charge on any atom is -0.423 e. The molecule has 0 amide bonds. The van der Waals surface area contributed by atoms with Gasteiger partial charge in [-0.3, -0.25) is 0 Å². The fourth-order valence-electron chi connectivity index (χ4n) is 2.78. The normalized spacial score (nSPS) is 10.8. The number of ether oxygens (including phenoxy) is 2. The molecule has 0 N–H and O–H groups in total. The number of rotatable bonds is 8. The molecule has 0 bridgehead atoms. The van der Waals surface area contributed by atoms with E-state index >= 15 is 0 Å². The molecule has 3 aromatic carbocycles. The minimum absolute atomic E-state index is 0.473. The average Bonchev–Trinajstić information content (AvgIpc) is 2.82. The van der Waals surface area contributed by atoms with Gasteiger partial charge in [-0.1, -0.05) is 86.0 Å². The van der Waals surface area contributed by atoms with Gasteiger partial charge in [0.15, 0.2) is 0 Å². The highest BCUT2D eigenvalue weighted by atomic mass is 16.5. The minimum atomic E-state index is -0.487. The number of esters is 2. The smallest absolute Gasteiger partial charge is 0.335 e. The lowest BCUT2D eigenvalue weighted by molar-refractivity contribution is -0.129. The zero-order valence-electron chi connectivity index (χ0n) is 17.4. The Morgan fingerprint density at radius 1 is 0.562 bits per heavy atom. The van der Waals surface area contributed by atoms with Gasteiger partial charge in [-0.15, -0.1) is 0 Å². The summed E-state index contributed by atoms with van der Waals surface area (Å²) in [6.07, 6.45) is 10.1. The van der Waals surface area contributed by atoms with Crippen molar-refractivity contribution in [1.29, 1.82) is 0 Å². The third-order valence-corrected chi connectivity index (χ3v) is 4.36. The molecule has 0 aromatic heterocycles. The largest absolute Gasteiger partial charge is 0.423 e. The van der Waals surface area contributed by atoms with Crippen LogP contribution in [0.1, 0.15) is 22.3 Å². The first-order valence-corrected chi connectivity index (χ1v) is 9.90. The van der Waals surface area contributed by atoms with Crippen LogP contribution in [0, 0.1) is 0 Å². The lowest BCUT2D eigenvalue weighted by Gasteiger charge is -2.02. The highest BCUT2D eigenvalue weighted by Crippen LogP contribution is 2.18. The predicted octanol–water partition coefficient (Wildman–Crippen LogP) is 6.21. The Morgan fingerprint density at radius 3 is 1.31 bits per heavy atom. The van der Waals surface area contributed by atoms with Crippen molar-refractivity contribution in [2.75, 3.05) is 0 Å². The van der Waals surface area contributed by atoms with Crippen LogP contribution in [0.3, 0.4) is 0 Å². The van der Waals surface area contributed by atoms with Crippen LogP contribution in [-0.4, -0.2) is 11.9 Å². The first-order chi connectivity index (χ1) is 15.6. The number of carbonyl (C=O) groups is 2. The molecule has 0 aliphatic rings. The quantitative estimate of drug-likeness (QED) is 0.187. The second-order valence-electron chi connectivity index (χ2n) is 6.73. The molecule has 3 aromatic rings. The van der Waals surface area contributed by atoms with Crippen molar-refractivity contribution < 1.29 is 19.1 Å². The van der Waals surface area contributed by atoms with Gasteiger partial charge in [0.25, 0.3) is 0 Å². The summed E-state index contributed by atoms with van der Waals surface area (Å²) in [5, 5.41) is 0. The fourth-order valence-corrected chi connectivity index (χ4v) is 2.78. The van der Waals surface area contributed by atoms with Crippen molar-refractivity contribution in [1.82, 2.24) is 0 Å². The van der Waals surface area contributed by atoms with Crippen LogP contribution in [0.5, 0.6) is 11.5 Å². The first-order valence-electron chi connectivity index (χ1n) is 9.90. The van der Waals surface area contributed by atoms with Crippen LogP contribution >= 0.6 is 0 Å². The predicted molar refractivity (Wildman–Crippen MR) is 129 cm³/mol. The van der Waals surface area contributed by atoms with E-state index in [9.17, 15) is 9.59 Å². The van der Waals surface area contributed by atoms with Crippen LogP contribution < -0.4 is 9.47 Å². The van der Waals surface area contributed by atoms with Crippen molar-refractivity contribution in [2.24, 2.45) is 0 Å². The molecule has 0 saturated heterocycles. The van der Waals surface area contributed by atoms with Crippen molar-refractivity contribution in [3.8, 4) is 11.5 Å². The van der Waals surface area contributed by atoms with Gasteiger partial charge in [0.2, 0.25) is 0 Å². The Labute approximate surface area is 187 Å². The second-order valence-corrected chi connectivity index (χ2v) is 6.73. The second kappa shape index (κ2) is 11.1. The van der Waals surface area contributed by atoms with Crippen molar-refractivity contribution in [2.45, 2.75) is 0 Å². The van der Waals surface area contributed by atoms with Crippen molar-refractivity contribution in [3.05, 3.63) is 120 Å². The van der Waals surface area contributed by atoms with Gasteiger partial charge < -0.3 is 9.47 Å². The summed E-state index contributed by atoms with van der Waals surface area (Å²) in [7, 11) is 0. The van der Waals surface area contributed by atoms with E-state index < -0.39 is 11.9 Å². The third kappa shape index (κ3) is 6.82. The Morgan fingerprint density at radius 2 is 0.938 bits per heavy atom. The van der Waals surface area contributed by atoms with Crippen LogP contribution in [0.2, 0.25) is 0 Å². The van der Waals surface area contributed by atoms with Crippen LogP contribution in [-0.2, 0) is 9.59 Å². The van der Waals surface area contributed by atoms with Gasteiger partial charge >= 0.3 is 11.9 Å². The molecule has 0 fully saturated rings. The van der Waals surface area contributed by atoms with E-state index in [2.05, 4.69) is 13.2 Å². The van der Waals surface area contributed by atoms with Gasteiger partial charge in [-0.05, 0) is 46.5 Å². The first kappa shape index (κ1) is 22.2. The van der Waals surface area contributed by atoms with Crippen LogP contribution in [0.25, 0.3) is 24.3 Å². The molecule has 0 spiro atoms. The van der Waals surface area contributed by atoms with Gasteiger partial charge in [-0.2, -0.15) is 0 Å². The monoisotopic (exact) mass is 422 g/mol. The molecule has 0 aliphatic carbocycles. The Kier molecular flexibility index (Phi) is 7.71. The zero-order chi connectivity index (χ0) is 22.8. The maximum atomic E-state index is 11.3. The number of carbonyl (C=O) groups excluding carboxylic acids is 2. The summed E-state index contributed by atoms with van der Waals surface area (Å²) in [6.45, 7) is 6.79. The summed E-state index contributed by atoms with van der Waals surface area (Å²) in [5.41, 5.74) is 3.91. The molecule has 0 aliphatic heterocycles. The van der Waals surface area contributed by atoms with Crippen molar-refractivity contribution in [3.63, 3.8) is 0 Å². The van der Waals surface area contributed by atoms with E-state index in [1.165, 1.54) is 0 Å². The molecule has 0 unspecified atom stereocenters. The third-order valence-electron chi connectivity index (χ3n) is 4.36. The van der Waals surface area contributed by atoms with E-state index in [-0.39, 0.29) is 0 Å². The maximum Gasteiger partial charge on any atom is 0.335 e. The summed E-state index contributed by atoms with van der Waals surface area (Å²) in [5.74, 6) is -0.0275. The lowest BCUT2D eigenvalue weighted by Crippen LogP contribution is -2.02. The summed E-state index contributed by atoms with van der Waals surface area (Å²) in [6, 6.07) is 22.6. The van der Waals surface area contributed by atoms with Crippen molar-refractivity contribution >= 4 is 36.2 Å². The molecule has 0 saturated carbocycles. The van der Waals surface area contributed by atoms with Gasteiger partial charge in [0.05, 0.1) is 0 Å². The molecule has 158 valence electrons. The van der Waals surface area contributed by atoms with Crippen LogP contribution in [0.15, 0.2) is 98.1 Å². The van der Waals surface area contributed by atoms with E-state index in [4.69, 9.17) is 9.47 Å². The van der Waals surface area contributed by atoms with E-state index in [0.717, 1.165) is 34.4 Å². The molecule has 4 nitrogen and oxygen atoms in total. The fraction of sp³-hybridized carbons (Fsp3) is 0. The Balaban J connectivity index is 1.64. The Hall–Kier alpha value is -4.44. The topological polar surface area (TPSA) is 52.6 Å². The molecular formula is C28H22O4. The molecule has 0 atom stereocenters. The van der Waals surface area contributed by atoms with E-state index in [1.54, 1.807) is 24.3 Å². The number of hydrogen-bond acceptors (Lipinski definition) is 4. The molecule has 0 radical (unpaired) electrons. The van der Waals surface area contributed by atoms with Gasteiger partial charge in [0.1, 0.15) is 11.5 Å². The number of hydrogen-bond donors (Lipinski definition) is 0. The maximum absolute atomic E-state index is 11.3. The average molecular weight is 422 g/mol. The molecule has 3 rings (SSSR count). The SMILES string of the molecule is C=CC(=O)Oc1cccc(/C=C/c2ccc(/C=C/c3cccc(OC(=O)C=C)c3)cc2)c1. The highest BCUT2D eigenvalue weighted by Gasteiger charge is 2.01. The number of benzene rings is 3. The van der Waals surface area contributed by atoms with Gasteiger partial charge in [-0.25, -0.2) is 9.59 Å². The zero-order valence-corrected chi connectivity index (χ0v) is 17.4. The van der Waals surface area contributed by atoms with E-state index in [0.29, 0.717) is 11.5 Å². The highest BCUT2D eigenvalue weighted by molar-refractivity contribution is 5.84.